The predicted octanol–water partition coefficient (Wildman–Crippen LogP) is 2.60. The van der Waals surface area contributed by atoms with Gasteiger partial charge in [0.2, 0.25) is 0 Å². The van der Waals surface area contributed by atoms with Crippen LogP contribution in [0.1, 0.15) is 17.0 Å². The summed E-state index contributed by atoms with van der Waals surface area (Å²) >= 11 is 0. The van der Waals surface area contributed by atoms with Crippen molar-refractivity contribution in [1.82, 2.24) is 9.97 Å². The minimum atomic E-state index is -3.76. The molecule has 20 heavy (non-hydrogen) atoms. The van der Waals surface area contributed by atoms with Gasteiger partial charge in [-0.05, 0) is 43.2 Å². The number of halogens is 1. The zero-order valence-electron chi connectivity index (χ0n) is 11.0. The Morgan fingerprint density at radius 2 is 1.70 bits per heavy atom. The Kier molecular flexibility index (Phi) is 4.25. The molecule has 0 saturated carbocycles. The van der Waals surface area contributed by atoms with E-state index in [1.165, 1.54) is 0 Å². The predicted molar refractivity (Wildman–Crippen MR) is 75.3 cm³/mol. The number of ether oxygens (including phenoxy) is 1. The normalized spacial score (nSPS) is 11.3. The van der Waals surface area contributed by atoms with E-state index in [1.807, 2.05) is 0 Å². The quantitative estimate of drug-likeness (QED) is 0.812. The number of aromatic nitrogens is 2. The molecule has 1 aromatic carbocycles. The van der Waals surface area contributed by atoms with Gasteiger partial charge in [0, 0.05) is 23.1 Å². The lowest BCUT2D eigenvalue weighted by molar-refractivity contribution is 0.295. The van der Waals surface area contributed by atoms with Gasteiger partial charge in [-0.15, -0.1) is 0 Å². The molecule has 0 atom stereocenters. The summed E-state index contributed by atoms with van der Waals surface area (Å²) in [5, 5.41) is 0. The molecule has 0 aliphatic heterocycles. The molecule has 0 aliphatic carbocycles. The second-order valence-electron chi connectivity index (χ2n) is 4.28. The van der Waals surface area contributed by atoms with E-state index in [1.54, 1.807) is 44.4 Å². The van der Waals surface area contributed by atoms with Gasteiger partial charge in [-0.25, -0.2) is 18.4 Å². The van der Waals surface area contributed by atoms with E-state index < -0.39 is 9.05 Å². The number of rotatable bonds is 4. The maximum absolute atomic E-state index is 11.5. The van der Waals surface area contributed by atoms with Crippen molar-refractivity contribution in [2.24, 2.45) is 0 Å². The van der Waals surface area contributed by atoms with Gasteiger partial charge in [0.1, 0.15) is 12.4 Å². The average molecular weight is 313 g/mol. The molecule has 0 spiro atoms. The fraction of sp³-hybridized carbons (Fsp3) is 0.231. The Morgan fingerprint density at radius 3 is 2.20 bits per heavy atom. The summed E-state index contributed by atoms with van der Waals surface area (Å²) in [7, 11) is 1.65. The Bertz CT molecular complexity index is 695. The molecule has 0 bridgehead atoms. The molecular weight excluding hydrogens is 300 g/mol. The molecule has 5 nitrogen and oxygen atoms in total. The number of aryl methyl sites for hydroxylation is 2. The number of nitrogens with zero attached hydrogens (tertiary/aromatic N) is 2. The Hall–Kier alpha value is -1.66. The number of hydrogen-bond donors (Lipinski definition) is 0. The first-order chi connectivity index (χ1) is 9.38. The molecule has 0 N–H and O–H groups in total. The first-order valence-corrected chi connectivity index (χ1v) is 8.13. The zero-order valence-corrected chi connectivity index (χ0v) is 12.6. The molecule has 0 unspecified atom stereocenters. The molecule has 7 heteroatoms. The van der Waals surface area contributed by atoms with Crippen LogP contribution in [0.25, 0.3) is 0 Å². The fourth-order valence-electron chi connectivity index (χ4n) is 1.93. The SMILES string of the molecule is Cc1cc(OCc2ncccn2)cc(C)c1S(=O)(=O)Cl. The van der Waals surface area contributed by atoms with Crippen molar-refractivity contribution in [3.8, 4) is 5.75 Å². The summed E-state index contributed by atoms with van der Waals surface area (Å²) in [4.78, 5) is 8.21. The highest BCUT2D eigenvalue weighted by molar-refractivity contribution is 8.13. The van der Waals surface area contributed by atoms with E-state index in [0.717, 1.165) is 0 Å². The lowest BCUT2D eigenvalue weighted by Crippen LogP contribution is -2.03. The Labute approximate surface area is 122 Å². The van der Waals surface area contributed by atoms with E-state index in [0.29, 0.717) is 22.7 Å². The number of hydrogen-bond acceptors (Lipinski definition) is 5. The Morgan fingerprint density at radius 1 is 1.15 bits per heavy atom. The summed E-state index contributed by atoms with van der Waals surface area (Å²) in [6, 6.07) is 4.98. The monoisotopic (exact) mass is 312 g/mol. The van der Waals surface area contributed by atoms with Crippen LogP contribution >= 0.6 is 10.7 Å². The summed E-state index contributed by atoms with van der Waals surface area (Å²) in [5.74, 6) is 1.10. The van der Waals surface area contributed by atoms with Crippen LogP contribution in [0.15, 0.2) is 35.5 Å². The second-order valence-corrected chi connectivity index (χ2v) is 6.78. The molecule has 0 radical (unpaired) electrons. The van der Waals surface area contributed by atoms with Crippen LogP contribution in [0.2, 0.25) is 0 Å². The molecule has 1 heterocycles. The zero-order chi connectivity index (χ0) is 14.8. The van der Waals surface area contributed by atoms with Gasteiger partial charge in [0.25, 0.3) is 9.05 Å². The van der Waals surface area contributed by atoms with Gasteiger partial charge in [-0.3, -0.25) is 0 Å². The maximum atomic E-state index is 11.5. The van der Waals surface area contributed by atoms with E-state index >= 15 is 0 Å². The molecule has 0 saturated heterocycles. The first kappa shape index (κ1) is 14.7. The summed E-state index contributed by atoms with van der Waals surface area (Å²) in [5.41, 5.74) is 1.09. The molecule has 2 aromatic rings. The van der Waals surface area contributed by atoms with E-state index in [4.69, 9.17) is 15.4 Å². The third kappa shape index (κ3) is 3.46. The van der Waals surface area contributed by atoms with Crippen molar-refractivity contribution in [2.75, 3.05) is 0 Å². The van der Waals surface area contributed by atoms with Crippen molar-refractivity contribution in [3.63, 3.8) is 0 Å². The van der Waals surface area contributed by atoms with Crippen molar-refractivity contribution in [2.45, 2.75) is 25.3 Å². The van der Waals surface area contributed by atoms with Gasteiger partial charge < -0.3 is 4.74 Å². The van der Waals surface area contributed by atoms with Crippen LogP contribution < -0.4 is 4.74 Å². The van der Waals surface area contributed by atoms with Crippen molar-refractivity contribution in [3.05, 3.63) is 47.5 Å². The molecule has 1 aromatic heterocycles. The lowest BCUT2D eigenvalue weighted by Gasteiger charge is -2.11. The van der Waals surface area contributed by atoms with Gasteiger partial charge in [0.15, 0.2) is 5.82 Å². The van der Waals surface area contributed by atoms with Gasteiger partial charge in [-0.2, -0.15) is 0 Å². The molecular formula is C13H13ClN2O3S. The van der Waals surface area contributed by atoms with Gasteiger partial charge in [0.05, 0.1) is 4.90 Å². The van der Waals surface area contributed by atoms with E-state index in [9.17, 15) is 8.42 Å². The highest BCUT2D eigenvalue weighted by atomic mass is 35.7. The summed E-state index contributed by atoms with van der Waals surface area (Å²) in [6.45, 7) is 3.56. The minimum absolute atomic E-state index is 0.127. The van der Waals surface area contributed by atoms with E-state index in [2.05, 4.69) is 9.97 Å². The van der Waals surface area contributed by atoms with Crippen molar-refractivity contribution < 1.29 is 13.2 Å². The summed E-state index contributed by atoms with van der Waals surface area (Å²) < 4.78 is 28.5. The first-order valence-electron chi connectivity index (χ1n) is 5.82. The second kappa shape index (κ2) is 5.76. The van der Waals surface area contributed by atoms with Gasteiger partial charge in [-0.1, -0.05) is 0 Å². The lowest BCUT2D eigenvalue weighted by atomic mass is 10.1. The van der Waals surface area contributed by atoms with Crippen LogP contribution in [0.3, 0.4) is 0 Å². The molecule has 0 aliphatic rings. The van der Waals surface area contributed by atoms with Crippen LogP contribution in [-0.2, 0) is 15.7 Å². The topological polar surface area (TPSA) is 69.2 Å². The third-order valence-electron chi connectivity index (χ3n) is 2.66. The smallest absolute Gasteiger partial charge is 0.261 e. The van der Waals surface area contributed by atoms with Crippen molar-refractivity contribution >= 4 is 19.7 Å². The minimum Gasteiger partial charge on any atom is -0.486 e. The molecule has 2 rings (SSSR count). The van der Waals surface area contributed by atoms with Crippen LogP contribution in [0.4, 0.5) is 0 Å². The van der Waals surface area contributed by atoms with E-state index in [-0.39, 0.29) is 11.5 Å². The Balaban J connectivity index is 2.23. The van der Waals surface area contributed by atoms with Crippen LogP contribution in [0, 0.1) is 13.8 Å². The largest absolute Gasteiger partial charge is 0.486 e. The molecule has 106 valence electrons. The highest BCUT2D eigenvalue weighted by Gasteiger charge is 2.17. The maximum Gasteiger partial charge on any atom is 0.261 e. The highest BCUT2D eigenvalue weighted by Crippen LogP contribution is 2.28. The number of benzene rings is 1. The fourth-order valence-corrected chi connectivity index (χ4v) is 3.55. The average Bonchev–Trinajstić information content (AvgIpc) is 2.35. The molecule has 0 amide bonds. The van der Waals surface area contributed by atoms with Crippen molar-refractivity contribution in [1.29, 1.82) is 0 Å². The standard InChI is InChI=1S/C13H13ClN2O3S/c1-9-6-11(7-10(2)13(9)20(14,17)18)19-8-12-15-4-3-5-16-12/h3-7H,8H2,1-2H3. The van der Waals surface area contributed by atoms with Crippen LogP contribution in [-0.4, -0.2) is 18.4 Å². The van der Waals surface area contributed by atoms with Gasteiger partial charge >= 0.3 is 0 Å². The summed E-state index contributed by atoms with van der Waals surface area (Å²) in [6.07, 6.45) is 3.26. The third-order valence-corrected chi connectivity index (χ3v) is 4.26. The molecule has 0 fully saturated rings. The van der Waals surface area contributed by atoms with Crippen LogP contribution in [0.5, 0.6) is 5.75 Å².